The number of sulfonamides is 1. The van der Waals surface area contributed by atoms with Crippen LogP contribution in [0.15, 0.2) is 35.4 Å². The molecule has 1 heterocycles. The maximum Gasteiger partial charge on any atom is 0.248 e. The fourth-order valence-electron chi connectivity index (χ4n) is 1.88. The summed E-state index contributed by atoms with van der Waals surface area (Å²) in [7, 11) is -2.17. The normalized spacial score (nSPS) is 12.0. The van der Waals surface area contributed by atoms with E-state index in [4.69, 9.17) is 17.3 Å². The first kappa shape index (κ1) is 15.8. The Kier molecular flexibility index (Phi) is 4.55. The summed E-state index contributed by atoms with van der Waals surface area (Å²) in [5, 5.41) is 4.58. The van der Waals surface area contributed by atoms with Crippen molar-refractivity contribution < 1.29 is 8.42 Å². The van der Waals surface area contributed by atoms with Crippen molar-refractivity contribution in [3.8, 4) is 0 Å². The fraction of sp³-hybridized carbons (Fsp3) is 0.308. The van der Waals surface area contributed by atoms with Gasteiger partial charge in [0.25, 0.3) is 0 Å². The minimum absolute atomic E-state index is 0.0137. The van der Waals surface area contributed by atoms with Crippen LogP contribution in [0.1, 0.15) is 12.5 Å². The molecule has 0 aliphatic carbocycles. The highest BCUT2D eigenvalue weighted by atomic mass is 35.5. The number of nitrogen functional groups attached to an aromatic ring is 1. The Balaban J connectivity index is 2.25. The number of aromatic nitrogens is 2. The van der Waals surface area contributed by atoms with E-state index in [2.05, 4.69) is 5.10 Å². The lowest BCUT2D eigenvalue weighted by atomic mass is 10.2. The van der Waals surface area contributed by atoms with Crippen molar-refractivity contribution in [2.45, 2.75) is 24.9 Å². The predicted molar refractivity (Wildman–Crippen MR) is 82.4 cm³/mol. The summed E-state index contributed by atoms with van der Waals surface area (Å²) in [5.74, 6) is 0.0137. The lowest BCUT2D eigenvalue weighted by Crippen LogP contribution is -2.26. The first-order valence-electron chi connectivity index (χ1n) is 6.38. The first-order chi connectivity index (χ1) is 9.84. The van der Waals surface area contributed by atoms with Crippen LogP contribution < -0.4 is 5.73 Å². The van der Waals surface area contributed by atoms with Gasteiger partial charge in [-0.2, -0.15) is 9.40 Å². The van der Waals surface area contributed by atoms with Crippen LogP contribution in [0.4, 0.5) is 5.82 Å². The average molecular weight is 329 g/mol. The summed E-state index contributed by atoms with van der Waals surface area (Å²) < 4.78 is 27.8. The van der Waals surface area contributed by atoms with E-state index < -0.39 is 10.0 Å². The second kappa shape index (κ2) is 6.05. The first-order valence-corrected chi connectivity index (χ1v) is 8.20. The molecular formula is C13H17ClN4O2S. The SMILES string of the molecule is CCn1cc(S(=O)(=O)N(C)Cc2ccc(Cl)cc2)c(N)n1. The molecule has 0 atom stereocenters. The van der Waals surface area contributed by atoms with E-state index in [1.165, 1.54) is 22.2 Å². The number of hydrogen-bond acceptors (Lipinski definition) is 4. The molecule has 0 radical (unpaired) electrons. The molecule has 2 rings (SSSR count). The lowest BCUT2D eigenvalue weighted by Gasteiger charge is -2.16. The monoisotopic (exact) mass is 328 g/mol. The van der Waals surface area contributed by atoms with Crippen molar-refractivity contribution in [1.82, 2.24) is 14.1 Å². The number of aryl methyl sites for hydroxylation is 1. The number of halogens is 1. The summed E-state index contributed by atoms with van der Waals surface area (Å²) >= 11 is 5.81. The van der Waals surface area contributed by atoms with E-state index in [9.17, 15) is 8.42 Å². The predicted octanol–water partition coefficient (Wildman–Crippen LogP) is 1.96. The highest BCUT2D eigenvalue weighted by molar-refractivity contribution is 7.89. The van der Waals surface area contributed by atoms with Crippen molar-refractivity contribution in [1.29, 1.82) is 0 Å². The van der Waals surface area contributed by atoms with Gasteiger partial charge in [-0.1, -0.05) is 23.7 Å². The van der Waals surface area contributed by atoms with Crippen LogP contribution in [0.3, 0.4) is 0 Å². The molecule has 1 aromatic carbocycles. The molecule has 0 aliphatic heterocycles. The molecule has 2 aromatic rings. The second-order valence-corrected chi connectivity index (χ2v) is 7.07. The van der Waals surface area contributed by atoms with E-state index in [0.29, 0.717) is 11.6 Å². The van der Waals surface area contributed by atoms with Crippen LogP contribution in [-0.2, 0) is 23.1 Å². The quantitative estimate of drug-likeness (QED) is 0.909. The molecule has 8 heteroatoms. The molecule has 0 amide bonds. The standard InChI is InChI=1S/C13H17ClN4O2S/c1-3-18-9-12(13(15)16-18)21(19,20)17(2)8-10-4-6-11(14)7-5-10/h4-7,9H,3,8H2,1-2H3,(H2,15,16). The smallest absolute Gasteiger partial charge is 0.248 e. The summed E-state index contributed by atoms with van der Waals surface area (Å²) in [6.45, 7) is 2.65. The Bertz CT molecular complexity index is 725. The van der Waals surface area contributed by atoms with Gasteiger partial charge in [-0.05, 0) is 24.6 Å². The maximum absolute atomic E-state index is 12.5. The Labute approximate surface area is 129 Å². The number of nitrogens with zero attached hydrogens (tertiary/aromatic N) is 3. The van der Waals surface area contributed by atoms with Crippen molar-refractivity contribution in [3.05, 3.63) is 41.0 Å². The fourth-order valence-corrected chi connectivity index (χ4v) is 3.22. The van der Waals surface area contributed by atoms with E-state index in [-0.39, 0.29) is 17.3 Å². The van der Waals surface area contributed by atoms with Crippen LogP contribution in [0.5, 0.6) is 0 Å². The Morgan fingerprint density at radius 1 is 1.33 bits per heavy atom. The molecule has 0 aliphatic rings. The summed E-state index contributed by atoms with van der Waals surface area (Å²) in [5.41, 5.74) is 6.54. The zero-order valence-corrected chi connectivity index (χ0v) is 13.4. The second-order valence-electron chi connectivity index (χ2n) is 4.62. The zero-order chi connectivity index (χ0) is 15.6. The van der Waals surface area contributed by atoms with Crippen molar-refractivity contribution in [2.75, 3.05) is 12.8 Å². The molecule has 6 nitrogen and oxygen atoms in total. The number of nitrogens with two attached hydrogens (primary N) is 1. The van der Waals surface area contributed by atoms with Gasteiger partial charge in [0.1, 0.15) is 4.90 Å². The number of rotatable bonds is 5. The Morgan fingerprint density at radius 2 is 1.95 bits per heavy atom. The molecule has 0 saturated heterocycles. The molecule has 0 fully saturated rings. The summed E-state index contributed by atoms with van der Waals surface area (Å²) in [6, 6.07) is 7.02. The van der Waals surface area contributed by atoms with Gasteiger partial charge in [0.2, 0.25) is 10.0 Å². The largest absolute Gasteiger partial charge is 0.381 e. The molecule has 2 N–H and O–H groups in total. The third kappa shape index (κ3) is 3.37. The molecule has 1 aromatic heterocycles. The van der Waals surface area contributed by atoms with Gasteiger partial charge in [-0.3, -0.25) is 4.68 Å². The van der Waals surface area contributed by atoms with Crippen molar-refractivity contribution in [3.63, 3.8) is 0 Å². The van der Waals surface area contributed by atoms with E-state index >= 15 is 0 Å². The zero-order valence-electron chi connectivity index (χ0n) is 11.8. The molecule has 0 spiro atoms. The van der Waals surface area contributed by atoms with Crippen molar-refractivity contribution in [2.24, 2.45) is 0 Å². The van der Waals surface area contributed by atoms with Gasteiger partial charge in [-0.15, -0.1) is 0 Å². The molecule has 21 heavy (non-hydrogen) atoms. The molecular weight excluding hydrogens is 312 g/mol. The minimum Gasteiger partial charge on any atom is -0.381 e. The van der Waals surface area contributed by atoms with E-state index in [1.54, 1.807) is 24.3 Å². The third-order valence-electron chi connectivity index (χ3n) is 3.09. The lowest BCUT2D eigenvalue weighted by molar-refractivity contribution is 0.467. The number of benzene rings is 1. The maximum atomic E-state index is 12.5. The molecule has 114 valence electrons. The average Bonchev–Trinajstić information content (AvgIpc) is 2.83. The Morgan fingerprint density at radius 3 is 2.48 bits per heavy atom. The molecule has 0 bridgehead atoms. The number of anilines is 1. The van der Waals surface area contributed by atoms with E-state index in [0.717, 1.165) is 5.56 Å². The molecule has 0 unspecified atom stereocenters. The highest BCUT2D eigenvalue weighted by Crippen LogP contribution is 2.22. The van der Waals surface area contributed by atoms with Gasteiger partial charge >= 0.3 is 0 Å². The van der Waals surface area contributed by atoms with Crippen LogP contribution in [0.25, 0.3) is 0 Å². The van der Waals surface area contributed by atoms with Gasteiger partial charge in [0, 0.05) is 31.4 Å². The van der Waals surface area contributed by atoms with Crippen molar-refractivity contribution >= 4 is 27.4 Å². The highest BCUT2D eigenvalue weighted by Gasteiger charge is 2.26. The summed E-state index contributed by atoms with van der Waals surface area (Å²) in [6.07, 6.45) is 1.45. The van der Waals surface area contributed by atoms with Crippen LogP contribution >= 0.6 is 11.6 Å². The van der Waals surface area contributed by atoms with Gasteiger partial charge < -0.3 is 5.73 Å². The Hall–Kier alpha value is -1.57. The topological polar surface area (TPSA) is 81.2 Å². The number of hydrogen-bond donors (Lipinski definition) is 1. The van der Waals surface area contributed by atoms with Crippen LogP contribution in [-0.4, -0.2) is 29.6 Å². The van der Waals surface area contributed by atoms with Crippen LogP contribution in [0.2, 0.25) is 5.02 Å². The molecule has 0 saturated carbocycles. The minimum atomic E-state index is -3.68. The summed E-state index contributed by atoms with van der Waals surface area (Å²) in [4.78, 5) is 0.0285. The van der Waals surface area contributed by atoms with Gasteiger partial charge in [0.05, 0.1) is 0 Å². The third-order valence-corrected chi connectivity index (χ3v) is 5.16. The van der Waals surface area contributed by atoms with Crippen LogP contribution in [0, 0.1) is 0 Å². The van der Waals surface area contributed by atoms with Gasteiger partial charge in [0.15, 0.2) is 5.82 Å². The van der Waals surface area contributed by atoms with E-state index in [1.807, 2.05) is 6.92 Å². The van der Waals surface area contributed by atoms with Gasteiger partial charge in [-0.25, -0.2) is 8.42 Å².